The zero-order valence-electron chi connectivity index (χ0n) is 12.7. The molecule has 0 bridgehead atoms. The van der Waals surface area contributed by atoms with Gasteiger partial charge in [-0.15, -0.1) is 0 Å². The molecule has 0 radical (unpaired) electrons. The van der Waals surface area contributed by atoms with Crippen molar-refractivity contribution in [2.24, 2.45) is 0 Å². The second kappa shape index (κ2) is 4.44. The summed E-state index contributed by atoms with van der Waals surface area (Å²) in [5, 5.41) is 1.12. The number of rotatable bonds is 1. The van der Waals surface area contributed by atoms with E-state index in [1.54, 1.807) is 0 Å². The topological polar surface area (TPSA) is 30.7 Å². The fourth-order valence-corrected chi connectivity index (χ4v) is 2.97. The van der Waals surface area contributed by atoms with Crippen LogP contribution in [0.3, 0.4) is 0 Å². The van der Waals surface area contributed by atoms with E-state index in [-0.39, 0.29) is 0 Å². The Morgan fingerprint density at radius 1 is 0.900 bits per heavy atom. The van der Waals surface area contributed by atoms with E-state index >= 15 is 0 Å². The average Bonchev–Trinajstić information content (AvgIpc) is 2.65. The standard InChI is InChI=1S/C17H19N3/c1-10-6-11(2)16(12(3)7-10)20-9-13(4)15-8-18-14(5)19-17(15)20/h6-9H,1-5H3. The molecular weight excluding hydrogens is 246 g/mol. The Hall–Kier alpha value is -2.16. The molecule has 0 saturated heterocycles. The molecule has 1 aromatic carbocycles. The predicted octanol–water partition coefficient (Wildman–Crippen LogP) is 3.96. The normalized spacial score (nSPS) is 11.2. The van der Waals surface area contributed by atoms with Crippen molar-refractivity contribution in [3.63, 3.8) is 0 Å². The minimum absolute atomic E-state index is 0.805. The number of aromatic nitrogens is 3. The van der Waals surface area contributed by atoms with Gasteiger partial charge < -0.3 is 4.57 Å². The highest BCUT2D eigenvalue weighted by Gasteiger charge is 2.13. The van der Waals surface area contributed by atoms with Crippen molar-refractivity contribution < 1.29 is 0 Å². The zero-order chi connectivity index (χ0) is 14.4. The van der Waals surface area contributed by atoms with Crippen LogP contribution in [0.2, 0.25) is 0 Å². The number of fused-ring (bicyclic) bond motifs is 1. The lowest BCUT2D eigenvalue weighted by Crippen LogP contribution is -2.01. The quantitative estimate of drug-likeness (QED) is 0.666. The molecule has 0 atom stereocenters. The number of aryl methyl sites for hydroxylation is 5. The van der Waals surface area contributed by atoms with E-state index in [9.17, 15) is 0 Å². The first kappa shape index (κ1) is 12.9. The molecule has 2 heterocycles. The highest BCUT2D eigenvalue weighted by atomic mass is 15.1. The van der Waals surface area contributed by atoms with E-state index in [2.05, 4.69) is 60.6 Å². The molecule has 0 aliphatic heterocycles. The molecule has 3 rings (SSSR count). The summed E-state index contributed by atoms with van der Waals surface area (Å²) in [5.74, 6) is 0.805. The Morgan fingerprint density at radius 2 is 1.55 bits per heavy atom. The average molecular weight is 265 g/mol. The maximum Gasteiger partial charge on any atom is 0.148 e. The molecule has 0 amide bonds. The van der Waals surface area contributed by atoms with E-state index in [1.807, 2.05) is 13.1 Å². The van der Waals surface area contributed by atoms with Gasteiger partial charge in [-0.3, -0.25) is 0 Å². The molecule has 0 aliphatic carbocycles. The van der Waals surface area contributed by atoms with E-state index in [0.29, 0.717) is 0 Å². The fourth-order valence-electron chi connectivity index (χ4n) is 2.97. The lowest BCUT2D eigenvalue weighted by molar-refractivity contribution is 1.01. The number of benzene rings is 1. The maximum atomic E-state index is 4.63. The molecule has 3 nitrogen and oxygen atoms in total. The molecule has 0 unspecified atom stereocenters. The van der Waals surface area contributed by atoms with Crippen LogP contribution in [0, 0.1) is 34.6 Å². The summed E-state index contributed by atoms with van der Waals surface area (Å²) in [6.45, 7) is 10.5. The zero-order valence-corrected chi connectivity index (χ0v) is 12.7. The molecule has 3 heteroatoms. The van der Waals surface area contributed by atoms with Gasteiger partial charge in [0, 0.05) is 17.8 Å². The third-order valence-electron chi connectivity index (χ3n) is 3.74. The summed E-state index contributed by atoms with van der Waals surface area (Å²) in [6.07, 6.45) is 4.08. The van der Waals surface area contributed by atoms with Gasteiger partial charge >= 0.3 is 0 Å². The molecule has 0 aliphatic rings. The van der Waals surface area contributed by atoms with Crippen molar-refractivity contribution in [3.05, 3.63) is 52.6 Å². The second-order valence-electron chi connectivity index (χ2n) is 5.58. The minimum Gasteiger partial charge on any atom is -0.300 e. The molecule has 0 N–H and O–H groups in total. The smallest absolute Gasteiger partial charge is 0.148 e. The lowest BCUT2D eigenvalue weighted by Gasteiger charge is -2.13. The second-order valence-corrected chi connectivity index (χ2v) is 5.58. The van der Waals surface area contributed by atoms with Gasteiger partial charge in [-0.05, 0) is 51.3 Å². The van der Waals surface area contributed by atoms with Crippen LogP contribution in [0.5, 0.6) is 0 Å². The molecule has 2 aromatic heterocycles. The van der Waals surface area contributed by atoms with Crippen molar-refractivity contribution in [1.29, 1.82) is 0 Å². The Labute approximate surface area is 119 Å². The third-order valence-corrected chi connectivity index (χ3v) is 3.74. The largest absolute Gasteiger partial charge is 0.300 e. The highest BCUT2D eigenvalue weighted by Crippen LogP contribution is 2.27. The van der Waals surface area contributed by atoms with Crippen LogP contribution in [0.25, 0.3) is 16.7 Å². The van der Waals surface area contributed by atoms with Gasteiger partial charge in [0.05, 0.1) is 5.69 Å². The Bertz CT molecular complexity index is 789. The van der Waals surface area contributed by atoms with Gasteiger partial charge in [-0.1, -0.05) is 17.7 Å². The SMILES string of the molecule is Cc1cc(C)c(-n2cc(C)c3cnc(C)nc32)c(C)c1. The molecule has 3 aromatic rings. The van der Waals surface area contributed by atoms with Crippen LogP contribution in [-0.2, 0) is 0 Å². The summed E-state index contributed by atoms with van der Waals surface area (Å²) in [4.78, 5) is 8.94. The monoisotopic (exact) mass is 265 g/mol. The van der Waals surface area contributed by atoms with Gasteiger partial charge in [-0.2, -0.15) is 0 Å². The molecule has 0 spiro atoms. The number of nitrogens with zero attached hydrogens (tertiary/aromatic N) is 3. The predicted molar refractivity (Wildman–Crippen MR) is 82.6 cm³/mol. The van der Waals surface area contributed by atoms with Crippen LogP contribution in [0.4, 0.5) is 0 Å². The Morgan fingerprint density at radius 3 is 2.20 bits per heavy atom. The fraction of sp³-hybridized carbons (Fsp3) is 0.294. The van der Waals surface area contributed by atoms with Crippen molar-refractivity contribution in [3.8, 4) is 5.69 Å². The van der Waals surface area contributed by atoms with Crippen molar-refractivity contribution in [2.75, 3.05) is 0 Å². The van der Waals surface area contributed by atoms with Gasteiger partial charge in [0.1, 0.15) is 11.5 Å². The molecule has 0 saturated carbocycles. The van der Waals surface area contributed by atoms with Crippen LogP contribution in [0.1, 0.15) is 28.1 Å². The summed E-state index contributed by atoms with van der Waals surface area (Å²) in [5.41, 5.74) is 7.27. The van der Waals surface area contributed by atoms with Crippen LogP contribution < -0.4 is 0 Å². The van der Waals surface area contributed by atoms with Gasteiger partial charge in [0.25, 0.3) is 0 Å². The molecule has 0 fully saturated rings. The number of hydrogen-bond donors (Lipinski definition) is 0. The maximum absolute atomic E-state index is 4.63. The molecule has 102 valence electrons. The van der Waals surface area contributed by atoms with Crippen LogP contribution in [-0.4, -0.2) is 14.5 Å². The highest BCUT2D eigenvalue weighted by molar-refractivity contribution is 5.81. The van der Waals surface area contributed by atoms with Crippen molar-refractivity contribution >= 4 is 11.0 Å². The third kappa shape index (κ3) is 1.90. The van der Waals surface area contributed by atoms with Crippen molar-refractivity contribution in [2.45, 2.75) is 34.6 Å². The molecular formula is C17H19N3. The van der Waals surface area contributed by atoms with Gasteiger partial charge in [0.15, 0.2) is 0 Å². The van der Waals surface area contributed by atoms with E-state index in [4.69, 9.17) is 0 Å². The van der Waals surface area contributed by atoms with Crippen LogP contribution >= 0.6 is 0 Å². The lowest BCUT2D eigenvalue weighted by atomic mass is 10.1. The van der Waals surface area contributed by atoms with Gasteiger partial charge in [-0.25, -0.2) is 9.97 Å². The van der Waals surface area contributed by atoms with E-state index in [1.165, 1.54) is 27.9 Å². The molecule has 20 heavy (non-hydrogen) atoms. The summed E-state index contributed by atoms with van der Waals surface area (Å²) in [6, 6.07) is 4.44. The Balaban J connectivity index is 2.38. The van der Waals surface area contributed by atoms with E-state index in [0.717, 1.165) is 16.9 Å². The van der Waals surface area contributed by atoms with Crippen LogP contribution in [0.15, 0.2) is 24.5 Å². The summed E-state index contributed by atoms with van der Waals surface area (Å²) < 4.78 is 2.20. The first-order valence-corrected chi connectivity index (χ1v) is 6.87. The first-order chi connectivity index (χ1) is 9.47. The first-order valence-electron chi connectivity index (χ1n) is 6.87. The summed E-state index contributed by atoms with van der Waals surface area (Å²) >= 11 is 0. The van der Waals surface area contributed by atoms with E-state index < -0.39 is 0 Å². The van der Waals surface area contributed by atoms with Gasteiger partial charge in [0.2, 0.25) is 0 Å². The van der Waals surface area contributed by atoms with Crippen molar-refractivity contribution in [1.82, 2.24) is 14.5 Å². The summed E-state index contributed by atoms with van der Waals surface area (Å²) in [7, 11) is 0. The minimum atomic E-state index is 0.805. The Kier molecular flexibility index (Phi) is 2.85. The number of hydrogen-bond acceptors (Lipinski definition) is 2.